The first-order valence-electron chi connectivity index (χ1n) is 4.43. The van der Waals surface area contributed by atoms with Gasteiger partial charge < -0.3 is 9.75 Å². The van der Waals surface area contributed by atoms with Crippen LogP contribution in [0.3, 0.4) is 0 Å². The summed E-state index contributed by atoms with van der Waals surface area (Å²) in [6, 6.07) is 6.40. The molecule has 3 heteroatoms. The van der Waals surface area contributed by atoms with Crippen LogP contribution in [0.5, 0.6) is 5.75 Å². The van der Waals surface area contributed by atoms with Gasteiger partial charge in [0, 0.05) is 6.04 Å². The molecule has 70 valence electrons. The minimum absolute atomic E-state index is 0.391. The number of nitrogens with zero attached hydrogens (tertiary/aromatic N) is 1. The minimum Gasteiger partial charge on any atom is -0.497 e. The van der Waals surface area contributed by atoms with Gasteiger partial charge in [0.1, 0.15) is 5.75 Å². The van der Waals surface area contributed by atoms with Crippen molar-refractivity contribution in [1.82, 2.24) is 0 Å². The molecule has 0 bridgehead atoms. The highest BCUT2D eigenvalue weighted by atomic mass is 16.5. The molecule has 1 aromatic carbocycles. The molecule has 1 aliphatic rings. The molecule has 0 amide bonds. The zero-order chi connectivity index (χ0) is 9.42. The van der Waals surface area contributed by atoms with Gasteiger partial charge in [-0.2, -0.15) is 0 Å². The molecule has 1 aromatic rings. The van der Waals surface area contributed by atoms with Crippen molar-refractivity contribution in [3.8, 4) is 5.75 Å². The molecule has 2 N–H and O–H groups in total. The third-order valence-corrected chi connectivity index (χ3v) is 2.56. The number of methoxy groups -OCH3 is 1. The standard InChI is InChI=1S/C10H14N2O/c1-7-5-8-6-9(13-2)3-4-10(8)12(7)11/h3-4,6-7H,5,11H2,1-2H3. The molecule has 1 unspecified atom stereocenters. The minimum atomic E-state index is 0.391. The summed E-state index contributed by atoms with van der Waals surface area (Å²) in [7, 11) is 1.68. The second-order valence-electron chi connectivity index (χ2n) is 3.46. The largest absolute Gasteiger partial charge is 0.497 e. The van der Waals surface area contributed by atoms with Crippen LogP contribution in [0, 0.1) is 0 Å². The topological polar surface area (TPSA) is 38.5 Å². The summed E-state index contributed by atoms with van der Waals surface area (Å²) < 4.78 is 5.15. The first-order valence-corrected chi connectivity index (χ1v) is 4.43. The lowest BCUT2D eigenvalue weighted by atomic mass is 10.1. The Hall–Kier alpha value is -1.22. The number of rotatable bonds is 1. The van der Waals surface area contributed by atoms with E-state index >= 15 is 0 Å². The summed E-state index contributed by atoms with van der Waals surface area (Å²) in [5.74, 6) is 6.78. The number of nitrogens with two attached hydrogens (primary N) is 1. The van der Waals surface area contributed by atoms with E-state index in [9.17, 15) is 0 Å². The highest BCUT2D eigenvalue weighted by Crippen LogP contribution is 2.32. The van der Waals surface area contributed by atoms with Crippen LogP contribution < -0.4 is 15.6 Å². The van der Waals surface area contributed by atoms with Crippen LogP contribution in [0.4, 0.5) is 5.69 Å². The van der Waals surface area contributed by atoms with Crippen molar-refractivity contribution >= 4 is 5.69 Å². The molecule has 13 heavy (non-hydrogen) atoms. The van der Waals surface area contributed by atoms with Gasteiger partial charge in [0.25, 0.3) is 0 Å². The van der Waals surface area contributed by atoms with Crippen molar-refractivity contribution in [2.75, 3.05) is 12.1 Å². The molecule has 1 atom stereocenters. The molecule has 0 spiro atoms. The predicted molar refractivity (Wildman–Crippen MR) is 52.8 cm³/mol. The van der Waals surface area contributed by atoms with E-state index in [4.69, 9.17) is 10.6 Å². The zero-order valence-corrected chi connectivity index (χ0v) is 7.95. The first kappa shape index (κ1) is 8.38. The normalized spacial score (nSPS) is 20.2. The third kappa shape index (κ3) is 1.25. The van der Waals surface area contributed by atoms with Gasteiger partial charge in [-0.1, -0.05) is 0 Å². The Morgan fingerprint density at radius 1 is 1.54 bits per heavy atom. The SMILES string of the molecule is COc1ccc2c(c1)CC(C)N2N. The van der Waals surface area contributed by atoms with Gasteiger partial charge in [0.05, 0.1) is 12.8 Å². The maximum absolute atomic E-state index is 5.87. The van der Waals surface area contributed by atoms with Crippen LogP contribution in [0.1, 0.15) is 12.5 Å². The molecule has 0 aromatic heterocycles. The Kier molecular flexibility index (Phi) is 1.88. The molecule has 0 fully saturated rings. The lowest BCUT2D eigenvalue weighted by molar-refractivity contribution is 0.414. The van der Waals surface area contributed by atoms with E-state index in [1.54, 1.807) is 7.11 Å². The molecular weight excluding hydrogens is 164 g/mol. The van der Waals surface area contributed by atoms with Gasteiger partial charge in [-0.25, -0.2) is 5.84 Å². The molecule has 0 radical (unpaired) electrons. The molecular formula is C10H14N2O. The number of anilines is 1. The Balaban J connectivity index is 2.40. The van der Waals surface area contributed by atoms with Gasteiger partial charge in [0.15, 0.2) is 0 Å². The highest BCUT2D eigenvalue weighted by molar-refractivity contribution is 5.60. The van der Waals surface area contributed by atoms with Crippen LogP contribution >= 0.6 is 0 Å². The fourth-order valence-corrected chi connectivity index (χ4v) is 1.76. The average molecular weight is 178 g/mol. The Labute approximate surface area is 78.1 Å². The van der Waals surface area contributed by atoms with Crippen molar-refractivity contribution in [2.45, 2.75) is 19.4 Å². The number of hydrogen-bond acceptors (Lipinski definition) is 3. The van der Waals surface area contributed by atoms with Gasteiger partial charge in [0.2, 0.25) is 0 Å². The number of hydrogen-bond donors (Lipinski definition) is 1. The number of ether oxygens (including phenoxy) is 1. The van der Waals surface area contributed by atoms with E-state index in [-0.39, 0.29) is 0 Å². The number of fused-ring (bicyclic) bond motifs is 1. The zero-order valence-electron chi connectivity index (χ0n) is 7.95. The van der Waals surface area contributed by atoms with Crippen LogP contribution in [0.2, 0.25) is 0 Å². The molecule has 1 heterocycles. The Morgan fingerprint density at radius 3 is 3.00 bits per heavy atom. The average Bonchev–Trinajstić information content (AvgIpc) is 2.42. The number of hydrazine groups is 1. The van der Waals surface area contributed by atoms with Crippen LogP contribution in [0.25, 0.3) is 0 Å². The molecule has 0 saturated carbocycles. The molecule has 3 nitrogen and oxygen atoms in total. The van der Waals surface area contributed by atoms with E-state index in [1.165, 1.54) is 5.56 Å². The van der Waals surface area contributed by atoms with Crippen LogP contribution in [0.15, 0.2) is 18.2 Å². The third-order valence-electron chi connectivity index (χ3n) is 2.56. The maximum Gasteiger partial charge on any atom is 0.119 e. The van der Waals surface area contributed by atoms with E-state index in [0.717, 1.165) is 17.9 Å². The molecule has 2 rings (SSSR count). The smallest absolute Gasteiger partial charge is 0.119 e. The Bertz CT molecular complexity index is 325. The highest BCUT2D eigenvalue weighted by Gasteiger charge is 2.23. The van der Waals surface area contributed by atoms with Gasteiger partial charge in [-0.15, -0.1) is 0 Å². The summed E-state index contributed by atoms with van der Waals surface area (Å²) in [5.41, 5.74) is 2.39. The van der Waals surface area contributed by atoms with Crippen LogP contribution in [-0.4, -0.2) is 13.2 Å². The first-order chi connectivity index (χ1) is 6.22. The number of benzene rings is 1. The summed E-state index contributed by atoms with van der Waals surface area (Å²) >= 11 is 0. The summed E-state index contributed by atoms with van der Waals surface area (Å²) in [5, 5.41) is 1.81. The molecule has 0 saturated heterocycles. The second kappa shape index (κ2) is 2.92. The van der Waals surface area contributed by atoms with E-state index < -0.39 is 0 Å². The predicted octanol–water partition coefficient (Wildman–Crippen LogP) is 1.32. The van der Waals surface area contributed by atoms with Gasteiger partial charge in [-0.3, -0.25) is 0 Å². The molecule has 0 aliphatic carbocycles. The quantitative estimate of drug-likeness (QED) is 0.659. The van der Waals surface area contributed by atoms with Crippen molar-refractivity contribution in [3.05, 3.63) is 23.8 Å². The fraction of sp³-hybridized carbons (Fsp3) is 0.400. The lowest BCUT2D eigenvalue weighted by Crippen LogP contribution is -2.35. The van der Waals surface area contributed by atoms with Crippen molar-refractivity contribution in [1.29, 1.82) is 0 Å². The van der Waals surface area contributed by atoms with Crippen molar-refractivity contribution in [3.63, 3.8) is 0 Å². The van der Waals surface area contributed by atoms with Crippen molar-refractivity contribution < 1.29 is 4.74 Å². The second-order valence-corrected chi connectivity index (χ2v) is 3.46. The fourth-order valence-electron chi connectivity index (χ4n) is 1.76. The van der Waals surface area contributed by atoms with E-state index in [2.05, 4.69) is 13.0 Å². The summed E-state index contributed by atoms with van der Waals surface area (Å²) in [6.45, 7) is 2.12. The summed E-state index contributed by atoms with van der Waals surface area (Å²) in [4.78, 5) is 0. The van der Waals surface area contributed by atoms with Crippen LogP contribution in [-0.2, 0) is 6.42 Å². The maximum atomic E-state index is 5.87. The lowest BCUT2D eigenvalue weighted by Gasteiger charge is -2.17. The Morgan fingerprint density at radius 2 is 2.31 bits per heavy atom. The monoisotopic (exact) mass is 178 g/mol. The van der Waals surface area contributed by atoms with Crippen molar-refractivity contribution in [2.24, 2.45) is 5.84 Å². The molecule has 1 aliphatic heterocycles. The van der Waals surface area contributed by atoms with Gasteiger partial charge in [-0.05, 0) is 37.1 Å². The summed E-state index contributed by atoms with van der Waals surface area (Å²) in [6.07, 6.45) is 1.00. The van der Waals surface area contributed by atoms with Gasteiger partial charge >= 0.3 is 0 Å². The van der Waals surface area contributed by atoms with E-state index in [1.807, 2.05) is 17.1 Å². The van der Waals surface area contributed by atoms with E-state index in [0.29, 0.717) is 6.04 Å².